The fraction of sp³-hybridized carbons (Fsp3) is 0.250. The molecule has 2 aromatic carbocycles. The van der Waals surface area contributed by atoms with Crippen molar-refractivity contribution in [1.82, 2.24) is 4.72 Å². The Labute approximate surface area is 136 Å². The Morgan fingerprint density at radius 3 is 2.32 bits per heavy atom. The average Bonchev–Trinajstić information content (AvgIpc) is 2.48. The molecule has 0 unspecified atom stereocenters. The maximum absolute atomic E-state index is 11.9. The molecule has 2 aromatic rings. The lowest BCUT2D eigenvalue weighted by Crippen LogP contribution is -2.29. The lowest BCUT2D eigenvalue weighted by Gasteiger charge is -2.09. The summed E-state index contributed by atoms with van der Waals surface area (Å²) in [7, 11) is -3.38. The topological polar surface area (TPSA) is 55.4 Å². The molecule has 1 N–H and O–H groups in total. The third-order valence-corrected chi connectivity index (χ3v) is 4.59. The number of hydrogen-bond donors (Lipinski definition) is 1. The second-order valence-corrected chi connectivity index (χ2v) is 7.18. The number of rotatable bonds is 7. The second kappa shape index (κ2) is 7.63. The Hall–Kier alpha value is -1.56. The molecule has 0 saturated heterocycles. The largest absolute Gasteiger partial charge is 0.492 e. The van der Waals surface area contributed by atoms with E-state index >= 15 is 0 Å². The van der Waals surface area contributed by atoms with Gasteiger partial charge in [-0.15, -0.1) is 0 Å². The minimum Gasteiger partial charge on any atom is -0.492 e. The van der Waals surface area contributed by atoms with Crippen molar-refractivity contribution in [1.29, 1.82) is 0 Å². The first-order chi connectivity index (χ1) is 10.4. The van der Waals surface area contributed by atoms with Crippen molar-refractivity contribution >= 4 is 21.6 Å². The van der Waals surface area contributed by atoms with E-state index in [1.54, 1.807) is 24.3 Å². The summed E-state index contributed by atoms with van der Waals surface area (Å²) in [5.41, 5.74) is 1.84. The highest BCUT2D eigenvalue weighted by Gasteiger charge is 2.10. The Morgan fingerprint density at radius 1 is 1.05 bits per heavy atom. The van der Waals surface area contributed by atoms with Crippen LogP contribution in [0.3, 0.4) is 0 Å². The summed E-state index contributed by atoms with van der Waals surface area (Å²) in [6, 6.07) is 14.4. The van der Waals surface area contributed by atoms with Crippen LogP contribution >= 0.6 is 11.6 Å². The number of sulfonamides is 1. The second-order valence-electron chi connectivity index (χ2n) is 4.94. The van der Waals surface area contributed by atoms with E-state index in [0.29, 0.717) is 10.6 Å². The zero-order valence-corrected chi connectivity index (χ0v) is 13.8. The molecule has 0 amide bonds. The number of benzene rings is 2. The monoisotopic (exact) mass is 339 g/mol. The molecule has 0 atom stereocenters. The van der Waals surface area contributed by atoms with Gasteiger partial charge in [0.15, 0.2) is 0 Å². The molecule has 118 valence electrons. The zero-order chi connectivity index (χ0) is 16.0. The number of aryl methyl sites for hydroxylation is 1. The van der Waals surface area contributed by atoms with Crippen molar-refractivity contribution in [2.75, 3.05) is 13.2 Å². The van der Waals surface area contributed by atoms with Crippen LogP contribution in [-0.2, 0) is 15.8 Å². The summed E-state index contributed by atoms with van der Waals surface area (Å²) in [5.74, 6) is 0.650. The Bertz CT molecular complexity index is 697. The first-order valence-corrected chi connectivity index (χ1v) is 8.89. The first-order valence-electron chi connectivity index (χ1n) is 6.86. The van der Waals surface area contributed by atoms with Gasteiger partial charge in [-0.1, -0.05) is 41.4 Å². The van der Waals surface area contributed by atoms with Crippen molar-refractivity contribution in [2.24, 2.45) is 0 Å². The van der Waals surface area contributed by atoms with Gasteiger partial charge in [-0.3, -0.25) is 0 Å². The molecule has 22 heavy (non-hydrogen) atoms. The van der Waals surface area contributed by atoms with Crippen LogP contribution in [0.25, 0.3) is 0 Å². The maximum atomic E-state index is 11.9. The Morgan fingerprint density at radius 2 is 1.68 bits per heavy atom. The molecule has 0 aromatic heterocycles. The smallest absolute Gasteiger partial charge is 0.215 e. The SMILES string of the molecule is Cc1ccc(OCCNS(=O)(=O)Cc2ccc(Cl)cc2)cc1. The minimum absolute atomic E-state index is 0.0747. The summed E-state index contributed by atoms with van der Waals surface area (Å²) in [4.78, 5) is 0. The number of halogens is 1. The summed E-state index contributed by atoms with van der Waals surface area (Å²) >= 11 is 5.77. The van der Waals surface area contributed by atoms with Gasteiger partial charge in [-0.25, -0.2) is 13.1 Å². The molecule has 0 saturated carbocycles. The van der Waals surface area contributed by atoms with E-state index in [-0.39, 0.29) is 18.9 Å². The van der Waals surface area contributed by atoms with Gasteiger partial charge < -0.3 is 4.74 Å². The van der Waals surface area contributed by atoms with Gasteiger partial charge in [-0.05, 0) is 36.8 Å². The van der Waals surface area contributed by atoms with E-state index in [2.05, 4.69) is 4.72 Å². The molecular weight excluding hydrogens is 322 g/mol. The minimum atomic E-state index is -3.38. The number of ether oxygens (including phenoxy) is 1. The van der Waals surface area contributed by atoms with Gasteiger partial charge in [0.05, 0.1) is 5.75 Å². The predicted molar refractivity (Wildman–Crippen MR) is 88.8 cm³/mol. The summed E-state index contributed by atoms with van der Waals surface area (Å²) in [6.07, 6.45) is 0. The molecule has 0 aliphatic carbocycles. The third kappa shape index (κ3) is 5.67. The number of hydrogen-bond acceptors (Lipinski definition) is 3. The van der Waals surface area contributed by atoms with Crippen LogP contribution < -0.4 is 9.46 Å². The molecular formula is C16H18ClNO3S. The molecule has 0 radical (unpaired) electrons. The molecule has 0 spiro atoms. The molecule has 0 aliphatic rings. The van der Waals surface area contributed by atoms with Gasteiger partial charge in [0.1, 0.15) is 12.4 Å². The Balaban J connectivity index is 1.77. The van der Waals surface area contributed by atoms with E-state index in [1.807, 2.05) is 31.2 Å². The quantitative estimate of drug-likeness (QED) is 0.788. The van der Waals surface area contributed by atoms with Gasteiger partial charge in [0.25, 0.3) is 0 Å². The van der Waals surface area contributed by atoms with E-state index in [9.17, 15) is 8.42 Å². The van der Waals surface area contributed by atoms with Gasteiger partial charge in [0.2, 0.25) is 10.0 Å². The molecule has 0 aliphatic heterocycles. The molecule has 0 bridgehead atoms. The molecule has 6 heteroatoms. The predicted octanol–water partition coefficient (Wildman–Crippen LogP) is 3.15. The van der Waals surface area contributed by atoms with E-state index in [4.69, 9.17) is 16.3 Å². The highest BCUT2D eigenvalue weighted by atomic mass is 35.5. The van der Waals surface area contributed by atoms with Crippen LogP contribution in [0.5, 0.6) is 5.75 Å². The van der Waals surface area contributed by atoms with Crippen molar-refractivity contribution in [3.05, 3.63) is 64.7 Å². The van der Waals surface area contributed by atoms with Gasteiger partial charge in [-0.2, -0.15) is 0 Å². The molecule has 4 nitrogen and oxygen atoms in total. The van der Waals surface area contributed by atoms with Crippen molar-refractivity contribution in [3.8, 4) is 5.75 Å². The first kappa shape index (κ1) is 16.8. The zero-order valence-electron chi connectivity index (χ0n) is 12.3. The molecule has 0 heterocycles. The third-order valence-electron chi connectivity index (χ3n) is 2.98. The van der Waals surface area contributed by atoms with E-state index < -0.39 is 10.0 Å². The summed E-state index contributed by atoms with van der Waals surface area (Å²) < 4.78 is 31.9. The fourth-order valence-electron chi connectivity index (χ4n) is 1.85. The summed E-state index contributed by atoms with van der Waals surface area (Å²) in [6.45, 7) is 2.50. The lowest BCUT2D eigenvalue weighted by molar-refractivity contribution is 0.322. The van der Waals surface area contributed by atoms with Gasteiger partial charge in [0, 0.05) is 11.6 Å². The Kier molecular flexibility index (Phi) is 5.83. The van der Waals surface area contributed by atoms with Crippen LogP contribution in [0.4, 0.5) is 0 Å². The fourth-order valence-corrected chi connectivity index (χ4v) is 3.11. The highest BCUT2D eigenvalue weighted by Crippen LogP contribution is 2.12. The standard InChI is InChI=1S/C16H18ClNO3S/c1-13-2-8-16(9-3-13)21-11-10-18-22(19,20)12-14-4-6-15(17)7-5-14/h2-9,18H,10-12H2,1H3. The van der Waals surface area contributed by atoms with Crippen molar-refractivity contribution < 1.29 is 13.2 Å². The normalized spacial score (nSPS) is 11.4. The molecule has 2 rings (SSSR count). The van der Waals surface area contributed by atoms with E-state index in [1.165, 1.54) is 0 Å². The van der Waals surface area contributed by atoms with Gasteiger partial charge >= 0.3 is 0 Å². The van der Waals surface area contributed by atoms with Crippen LogP contribution in [0.15, 0.2) is 48.5 Å². The molecule has 0 fully saturated rings. The van der Waals surface area contributed by atoms with Crippen LogP contribution in [0.2, 0.25) is 5.02 Å². The van der Waals surface area contributed by atoms with Crippen LogP contribution in [0.1, 0.15) is 11.1 Å². The maximum Gasteiger partial charge on any atom is 0.215 e. The van der Waals surface area contributed by atoms with Crippen LogP contribution in [0, 0.1) is 6.92 Å². The summed E-state index contributed by atoms with van der Waals surface area (Å²) in [5, 5.41) is 0.584. The number of nitrogens with one attached hydrogen (secondary N) is 1. The van der Waals surface area contributed by atoms with Crippen molar-refractivity contribution in [2.45, 2.75) is 12.7 Å². The van der Waals surface area contributed by atoms with E-state index in [0.717, 1.165) is 11.3 Å². The average molecular weight is 340 g/mol. The van der Waals surface area contributed by atoms with Crippen molar-refractivity contribution in [3.63, 3.8) is 0 Å². The highest BCUT2D eigenvalue weighted by molar-refractivity contribution is 7.88. The van der Waals surface area contributed by atoms with Crippen LogP contribution in [-0.4, -0.2) is 21.6 Å². The lowest BCUT2D eigenvalue weighted by atomic mass is 10.2.